The van der Waals surface area contributed by atoms with Gasteiger partial charge in [-0.1, -0.05) is 48.0 Å². The maximum Gasteiger partial charge on any atom is 0.317 e. The lowest BCUT2D eigenvalue weighted by Crippen LogP contribution is -2.46. The summed E-state index contributed by atoms with van der Waals surface area (Å²) in [6.07, 6.45) is 1.92. The molecule has 0 aromatic heterocycles. The second-order valence-corrected chi connectivity index (χ2v) is 6.26. The Balaban J connectivity index is 1.42. The Labute approximate surface area is 143 Å². The van der Waals surface area contributed by atoms with Crippen LogP contribution in [0.5, 0.6) is 5.75 Å². The molecule has 0 bridgehead atoms. The second-order valence-electron chi connectivity index (χ2n) is 6.26. The Morgan fingerprint density at radius 3 is 2.42 bits per heavy atom. The summed E-state index contributed by atoms with van der Waals surface area (Å²) in [5, 5.41) is 2.99. The van der Waals surface area contributed by atoms with Crippen molar-refractivity contribution >= 4 is 6.03 Å². The third kappa shape index (κ3) is 4.51. The largest absolute Gasteiger partial charge is 0.490 e. The van der Waals surface area contributed by atoms with Crippen molar-refractivity contribution in [2.24, 2.45) is 0 Å². The molecule has 2 amide bonds. The summed E-state index contributed by atoms with van der Waals surface area (Å²) >= 11 is 0. The SMILES string of the molecule is Cc1ccc(OC2CCN(C(=O)NCc3ccccc3)CC2)cc1. The highest BCUT2D eigenvalue weighted by atomic mass is 16.5. The number of nitrogens with one attached hydrogen (secondary N) is 1. The highest BCUT2D eigenvalue weighted by Gasteiger charge is 2.23. The molecule has 1 fully saturated rings. The second kappa shape index (κ2) is 7.86. The first-order chi connectivity index (χ1) is 11.7. The van der Waals surface area contributed by atoms with E-state index in [0.29, 0.717) is 6.54 Å². The molecule has 0 saturated carbocycles. The highest BCUT2D eigenvalue weighted by Crippen LogP contribution is 2.19. The number of carbonyl (C=O) groups is 1. The Kier molecular flexibility index (Phi) is 5.36. The van der Waals surface area contributed by atoms with E-state index in [1.54, 1.807) is 0 Å². The van der Waals surface area contributed by atoms with E-state index in [4.69, 9.17) is 4.74 Å². The van der Waals surface area contributed by atoms with Gasteiger partial charge in [0.15, 0.2) is 0 Å². The van der Waals surface area contributed by atoms with Gasteiger partial charge in [-0.2, -0.15) is 0 Å². The zero-order valence-corrected chi connectivity index (χ0v) is 14.1. The Bertz CT molecular complexity index is 647. The van der Waals surface area contributed by atoms with Crippen molar-refractivity contribution in [3.63, 3.8) is 0 Å². The highest BCUT2D eigenvalue weighted by molar-refractivity contribution is 5.74. The van der Waals surface area contributed by atoms with E-state index in [0.717, 1.165) is 37.2 Å². The van der Waals surface area contributed by atoms with Crippen molar-refractivity contribution in [2.75, 3.05) is 13.1 Å². The van der Waals surface area contributed by atoms with Crippen LogP contribution in [0.1, 0.15) is 24.0 Å². The van der Waals surface area contributed by atoms with E-state index < -0.39 is 0 Å². The smallest absolute Gasteiger partial charge is 0.317 e. The first-order valence-electron chi connectivity index (χ1n) is 8.51. The van der Waals surface area contributed by atoms with Crippen LogP contribution >= 0.6 is 0 Å². The van der Waals surface area contributed by atoms with Gasteiger partial charge in [-0.25, -0.2) is 4.79 Å². The van der Waals surface area contributed by atoms with Crippen LogP contribution in [0.15, 0.2) is 54.6 Å². The first-order valence-corrected chi connectivity index (χ1v) is 8.51. The molecule has 0 aliphatic carbocycles. The van der Waals surface area contributed by atoms with Gasteiger partial charge in [0.2, 0.25) is 0 Å². The van der Waals surface area contributed by atoms with Crippen molar-refractivity contribution in [3.05, 3.63) is 65.7 Å². The number of carbonyl (C=O) groups excluding carboxylic acids is 1. The Hall–Kier alpha value is -2.49. The molecule has 1 aliphatic rings. The van der Waals surface area contributed by atoms with Gasteiger partial charge in [0.05, 0.1) is 0 Å². The minimum atomic E-state index is 0.00707. The molecule has 0 unspecified atom stereocenters. The topological polar surface area (TPSA) is 41.6 Å². The number of hydrogen-bond acceptors (Lipinski definition) is 2. The van der Waals surface area contributed by atoms with Gasteiger partial charge in [-0.3, -0.25) is 0 Å². The van der Waals surface area contributed by atoms with E-state index in [1.807, 2.05) is 47.4 Å². The van der Waals surface area contributed by atoms with Crippen molar-refractivity contribution in [2.45, 2.75) is 32.4 Å². The standard InChI is InChI=1S/C20H24N2O2/c1-16-7-9-18(10-8-16)24-19-11-13-22(14-12-19)20(23)21-15-17-5-3-2-4-6-17/h2-10,19H,11-15H2,1H3,(H,21,23). The quantitative estimate of drug-likeness (QED) is 0.930. The zero-order valence-electron chi connectivity index (χ0n) is 14.1. The zero-order chi connectivity index (χ0) is 16.8. The maximum atomic E-state index is 12.2. The molecule has 2 aromatic rings. The molecule has 2 aromatic carbocycles. The fraction of sp³-hybridized carbons (Fsp3) is 0.350. The number of aryl methyl sites for hydroxylation is 1. The lowest BCUT2D eigenvalue weighted by Gasteiger charge is -2.32. The van der Waals surface area contributed by atoms with Gasteiger partial charge < -0.3 is 15.0 Å². The molecule has 0 atom stereocenters. The average molecular weight is 324 g/mol. The fourth-order valence-electron chi connectivity index (χ4n) is 2.87. The molecular weight excluding hydrogens is 300 g/mol. The monoisotopic (exact) mass is 324 g/mol. The number of likely N-dealkylation sites (tertiary alicyclic amines) is 1. The molecule has 3 rings (SSSR count). The van der Waals surface area contributed by atoms with Gasteiger partial charge in [0.1, 0.15) is 11.9 Å². The van der Waals surface area contributed by atoms with E-state index in [1.165, 1.54) is 5.56 Å². The number of urea groups is 1. The van der Waals surface area contributed by atoms with Crippen LogP contribution < -0.4 is 10.1 Å². The van der Waals surface area contributed by atoms with Gasteiger partial charge in [0.25, 0.3) is 0 Å². The molecule has 1 saturated heterocycles. The van der Waals surface area contributed by atoms with Crippen LogP contribution in [0.4, 0.5) is 4.79 Å². The average Bonchev–Trinajstić information content (AvgIpc) is 2.63. The van der Waals surface area contributed by atoms with Crippen molar-refractivity contribution in [3.8, 4) is 5.75 Å². The molecule has 1 aliphatic heterocycles. The summed E-state index contributed by atoms with van der Waals surface area (Å²) in [5.41, 5.74) is 2.34. The predicted octanol–water partition coefficient (Wildman–Crippen LogP) is 3.75. The van der Waals surface area contributed by atoms with Gasteiger partial charge in [-0.15, -0.1) is 0 Å². The van der Waals surface area contributed by atoms with Crippen LogP contribution in [0.3, 0.4) is 0 Å². The fourth-order valence-corrected chi connectivity index (χ4v) is 2.87. The van der Waals surface area contributed by atoms with E-state index in [2.05, 4.69) is 24.4 Å². The molecule has 4 nitrogen and oxygen atoms in total. The van der Waals surface area contributed by atoms with Gasteiger partial charge in [-0.05, 0) is 24.6 Å². The van der Waals surface area contributed by atoms with Crippen molar-refractivity contribution in [1.82, 2.24) is 10.2 Å². The van der Waals surface area contributed by atoms with Crippen molar-refractivity contribution < 1.29 is 9.53 Å². The van der Waals surface area contributed by atoms with E-state index in [9.17, 15) is 4.79 Å². The predicted molar refractivity (Wildman–Crippen MR) is 95.1 cm³/mol. The van der Waals surface area contributed by atoms with Crippen LogP contribution in [0, 0.1) is 6.92 Å². The van der Waals surface area contributed by atoms with Crippen LogP contribution in [0.2, 0.25) is 0 Å². The first kappa shape index (κ1) is 16.4. The molecule has 1 heterocycles. The third-order valence-electron chi connectivity index (χ3n) is 4.34. The number of piperidine rings is 1. The molecule has 24 heavy (non-hydrogen) atoms. The minimum Gasteiger partial charge on any atom is -0.490 e. The van der Waals surface area contributed by atoms with E-state index >= 15 is 0 Å². The number of benzene rings is 2. The lowest BCUT2D eigenvalue weighted by molar-refractivity contribution is 0.111. The summed E-state index contributed by atoms with van der Waals surface area (Å²) in [5.74, 6) is 0.910. The third-order valence-corrected chi connectivity index (χ3v) is 4.34. The number of hydrogen-bond donors (Lipinski definition) is 1. The van der Waals surface area contributed by atoms with Gasteiger partial charge in [0, 0.05) is 32.5 Å². The Morgan fingerprint density at radius 1 is 1.08 bits per heavy atom. The van der Waals surface area contributed by atoms with Gasteiger partial charge >= 0.3 is 6.03 Å². The Morgan fingerprint density at radius 2 is 1.75 bits per heavy atom. The molecule has 126 valence electrons. The minimum absolute atomic E-state index is 0.00707. The van der Waals surface area contributed by atoms with E-state index in [-0.39, 0.29) is 12.1 Å². The van der Waals surface area contributed by atoms with Crippen LogP contribution in [-0.4, -0.2) is 30.1 Å². The summed E-state index contributed by atoms with van der Waals surface area (Å²) in [4.78, 5) is 14.1. The summed E-state index contributed by atoms with van der Waals surface area (Å²) in [6, 6.07) is 18.1. The maximum absolute atomic E-state index is 12.2. The molecule has 1 N–H and O–H groups in total. The normalized spacial score (nSPS) is 15.1. The van der Waals surface area contributed by atoms with Crippen LogP contribution in [-0.2, 0) is 6.54 Å². The molecule has 4 heteroatoms. The molecular formula is C20H24N2O2. The van der Waals surface area contributed by atoms with Crippen LogP contribution in [0.25, 0.3) is 0 Å². The summed E-state index contributed by atoms with van der Waals surface area (Å²) in [6.45, 7) is 4.10. The van der Waals surface area contributed by atoms with Crippen molar-refractivity contribution in [1.29, 1.82) is 0 Å². The number of rotatable bonds is 4. The number of ether oxygens (including phenoxy) is 1. The summed E-state index contributed by atoms with van der Waals surface area (Å²) in [7, 11) is 0. The molecule has 0 spiro atoms. The number of amides is 2. The summed E-state index contributed by atoms with van der Waals surface area (Å²) < 4.78 is 6.01. The molecule has 0 radical (unpaired) electrons. The lowest BCUT2D eigenvalue weighted by atomic mass is 10.1. The number of nitrogens with zero attached hydrogens (tertiary/aromatic N) is 1.